The molecule has 2 N–H and O–H groups in total. The van der Waals surface area contributed by atoms with Gasteiger partial charge in [-0.2, -0.15) is 18.4 Å². The van der Waals surface area contributed by atoms with E-state index in [1.165, 1.54) is 4.57 Å². The Morgan fingerprint density at radius 1 is 1.30 bits per heavy atom. The molecule has 0 aliphatic heterocycles. The van der Waals surface area contributed by atoms with Gasteiger partial charge in [-0.15, -0.1) is 0 Å². The van der Waals surface area contributed by atoms with Gasteiger partial charge < -0.3 is 14.9 Å². The molecule has 0 radical (unpaired) electrons. The van der Waals surface area contributed by atoms with Crippen molar-refractivity contribution in [3.8, 4) is 17.3 Å². The first-order valence-corrected chi connectivity index (χ1v) is 7.75. The lowest BCUT2D eigenvalue weighted by Crippen LogP contribution is -2.38. The summed E-state index contributed by atoms with van der Waals surface area (Å²) in [5.74, 6) is -2.08. The molecular weight excluding hydrogens is 363 g/mol. The van der Waals surface area contributed by atoms with Crippen molar-refractivity contribution >= 4 is 16.9 Å². The van der Waals surface area contributed by atoms with Gasteiger partial charge in [0.2, 0.25) is 0 Å². The summed E-state index contributed by atoms with van der Waals surface area (Å²) in [5, 5.41) is 11.3. The third kappa shape index (κ3) is 3.39. The van der Waals surface area contributed by atoms with Gasteiger partial charge in [0.15, 0.2) is 0 Å². The molecule has 0 saturated carbocycles. The maximum Gasteiger partial charge on any atom is 0.471 e. The van der Waals surface area contributed by atoms with Gasteiger partial charge in [0.1, 0.15) is 22.7 Å². The minimum atomic E-state index is -5.00. The normalized spacial score (nSPS) is 11.3. The van der Waals surface area contributed by atoms with Crippen LogP contribution in [0.1, 0.15) is 5.56 Å². The predicted molar refractivity (Wildman–Crippen MR) is 89.6 cm³/mol. The van der Waals surface area contributed by atoms with E-state index in [0.717, 1.165) is 6.33 Å². The number of fused-ring (bicyclic) bond motifs is 1. The molecule has 7 nitrogen and oxygen atoms in total. The van der Waals surface area contributed by atoms with Crippen LogP contribution in [0.25, 0.3) is 22.3 Å². The molecule has 0 saturated heterocycles. The van der Waals surface area contributed by atoms with Crippen LogP contribution in [0.2, 0.25) is 0 Å². The van der Waals surface area contributed by atoms with E-state index in [9.17, 15) is 28.0 Å². The Hall–Kier alpha value is -3.61. The molecule has 0 unspecified atom stereocenters. The molecule has 0 bridgehead atoms. The largest absolute Gasteiger partial charge is 0.471 e. The number of carbonyl (C=O) groups is 1. The summed E-state index contributed by atoms with van der Waals surface area (Å²) >= 11 is 0. The highest BCUT2D eigenvalue weighted by Crippen LogP contribution is 2.30. The van der Waals surface area contributed by atoms with E-state index in [1.54, 1.807) is 35.6 Å². The third-order valence-electron chi connectivity index (χ3n) is 3.88. The van der Waals surface area contributed by atoms with Gasteiger partial charge in [-0.3, -0.25) is 9.59 Å². The SMILES string of the molecule is N#Cc1c(-c2ccccc2)n(CCNC(=O)C(F)(F)F)c2c(=O)[nH]cnc12. The monoisotopic (exact) mass is 375 g/mol. The Morgan fingerprint density at radius 2 is 2.00 bits per heavy atom. The summed E-state index contributed by atoms with van der Waals surface area (Å²) < 4.78 is 38.5. The van der Waals surface area contributed by atoms with Gasteiger partial charge in [-0.05, 0) is 5.56 Å². The molecule has 2 aromatic heterocycles. The minimum Gasteiger partial charge on any atom is -0.346 e. The number of hydrogen-bond acceptors (Lipinski definition) is 4. The number of nitrogens with zero attached hydrogens (tertiary/aromatic N) is 3. The summed E-state index contributed by atoms with van der Waals surface area (Å²) in [7, 11) is 0. The van der Waals surface area contributed by atoms with Crippen molar-refractivity contribution in [2.75, 3.05) is 6.54 Å². The molecule has 0 spiro atoms. The Balaban J connectivity index is 2.11. The number of aromatic nitrogens is 3. The number of amides is 1. The predicted octanol–water partition coefficient (Wildman–Crippen LogP) is 1.94. The lowest BCUT2D eigenvalue weighted by atomic mass is 10.1. The van der Waals surface area contributed by atoms with E-state index in [2.05, 4.69) is 9.97 Å². The van der Waals surface area contributed by atoms with Crippen LogP contribution < -0.4 is 10.9 Å². The minimum absolute atomic E-state index is 0.0501. The topological polar surface area (TPSA) is 104 Å². The quantitative estimate of drug-likeness (QED) is 0.727. The highest BCUT2D eigenvalue weighted by molar-refractivity contribution is 5.91. The summed E-state index contributed by atoms with van der Waals surface area (Å²) in [4.78, 5) is 29.7. The summed E-state index contributed by atoms with van der Waals surface area (Å²) in [6.07, 6.45) is -3.85. The molecule has 3 rings (SSSR count). The molecule has 2 heterocycles. The van der Waals surface area contributed by atoms with Crippen LogP contribution in [0.3, 0.4) is 0 Å². The molecule has 0 fully saturated rings. The second-order valence-electron chi connectivity index (χ2n) is 5.54. The van der Waals surface area contributed by atoms with Crippen LogP contribution in [-0.4, -0.2) is 33.2 Å². The first-order valence-electron chi connectivity index (χ1n) is 7.75. The van der Waals surface area contributed by atoms with Crippen LogP contribution in [0, 0.1) is 11.3 Å². The number of H-pyrrole nitrogens is 1. The number of carbonyl (C=O) groups excluding carboxylic acids is 1. The smallest absolute Gasteiger partial charge is 0.346 e. The number of alkyl halides is 3. The van der Waals surface area contributed by atoms with Gasteiger partial charge in [0.25, 0.3) is 5.56 Å². The molecular formula is C17H12F3N5O2. The average Bonchev–Trinajstić information content (AvgIpc) is 2.96. The zero-order chi connectivity index (χ0) is 19.6. The summed E-state index contributed by atoms with van der Waals surface area (Å²) in [6, 6.07) is 10.6. The van der Waals surface area contributed by atoms with E-state index in [-0.39, 0.29) is 29.7 Å². The van der Waals surface area contributed by atoms with Gasteiger partial charge in [0, 0.05) is 13.1 Å². The van der Waals surface area contributed by atoms with Crippen LogP contribution in [-0.2, 0) is 11.3 Å². The van der Waals surface area contributed by atoms with Crippen molar-refractivity contribution in [3.63, 3.8) is 0 Å². The Bertz CT molecular complexity index is 1090. The lowest BCUT2D eigenvalue weighted by Gasteiger charge is -2.12. The fourth-order valence-corrected chi connectivity index (χ4v) is 2.79. The van der Waals surface area contributed by atoms with E-state index < -0.39 is 17.6 Å². The van der Waals surface area contributed by atoms with Crippen molar-refractivity contribution in [1.29, 1.82) is 5.26 Å². The molecule has 1 aromatic carbocycles. The molecule has 27 heavy (non-hydrogen) atoms. The van der Waals surface area contributed by atoms with Crippen molar-refractivity contribution < 1.29 is 18.0 Å². The van der Waals surface area contributed by atoms with Crippen LogP contribution in [0.15, 0.2) is 41.5 Å². The number of aromatic amines is 1. The van der Waals surface area contributed by atoms with E-state index in [4.69, 9.17) is 0 Å². The fraction of sp³-hybridized carbons (Fsp3) is 0.176. The highest BCUT2D eigenvalue weighted by Gasteiger charge is 2.38. The standard InChI is InChI=1S/C17H12F3N5O2/c18-17(19,20)16(27)22-6-7-25-13(10-4-2-1-3-5-10)11(8-21)12-14(25)15(26)24-9-23-12/h1-5,9H,6-7H2,(H,22,27)(H,23,24,26). The van der Waals surface area contributed by atoms with Gasteiger partial charge in [-0.1, -0.05) is 30.3 Å². The second-order valence-corrected chi connectivity index (χ2v) is 5.54. The maximum atomic E-state index is 12.4. The van der Waals surface area contributed by atoms with E-state index >= 15 is 0 Å². The average molecular weight is 375 g/mol. The number of nitrogens with one attached hydrogen (secondary N) is 2. The van der Waals surface area contributed by atoms with Crippen LogP contribution in [0.4, 0.5) is 13.2 Å². The summed E-state index contributed by atoms with van der Waals surface area (Å²) in [5.41, 5.74) is 0.717. The van der Waals surface area contributed by atoms with E-state index in [1.807, 2.05) is 6.07 Å². The zero-order valence-electron chi connectivity index (χ0n) is 13.7. The fourth-order valence-electron chi connectivity index (χ4n) is 2.79. The molecule has 1 amide bonds. The molecule has 138 valence electrons. The van der Waals surface area contributed by atoms with Crippen molar-refractivity contribution in [2.45, 2.75) is 12.7 Å². The lowest BCUT2D eigenvalue weighted by molar-refractivity contribution is -0.173. The molecule has 0 aliphatic rings. The van der Waals surface area contributed by atoms with E-state index in [0.29, 0.717) is 11.3 Å². The summed E-state index contributed by atoms with van der Waals surface area (Å²) in [6.45, 7) is -0.542. The number of nitriles is 1. The van der Waals surface area contributed by atoms with Crippen molar-refractivity contribution in [2.24, 2.45) is 0 Å². The molecule has 0 aliphatic carbocycles. The first-order chi connectivity index (χ1) is 12.8. The zero-order valence-corrected chi connectivity index (χ0v) is 13.7. The van der Waals surface area contributed by atoms with Crippen LogP contribution >= 0.6 is 0 Å². The van der Waals surface area contributed by atoms with Gasteiger partial charge in [0.05, 0.1) is 12.0 Å². The van der Waals surface area contributed by atoms with Crippen molar-refractivity contribution in [3.05, 3.63) is 52.6 Å². The Kier molecular flexibility index (Phi) is 4.68. The number of benzene rings is 1. The third-order valence-corrected chi connectivity index (χ3v) is 3.88. The maximum absolute atomic E-state index is 12.4. The van der Waals surface area contributed by atoms with Gasteiger partial charge in [-0.25, -0.2) is 4.98 Å². The number of halogens is 3. The van der Waals surface area contributed by atoms with Gasteiger partial charge >= 0.3 is 12.1 Å². The highest BCUT2D eigenvalue weighted by atomic mass is 19.4. The Labute approximate surface area is 150 Å². The Morgan fingerprint density at radius 3 is 2.63 bits per heavy atom. The molecule has 0 atom stereocenters. The first kappa shape index (κ1) is 18.2. The molecule has 3 aromatic rings. The van der Waals surface area contributed by atoms with Crippen LogP contribution in [0.5, 0.6) is 0 Å². The number of hydrogen-bond donors (Lipinski definition) is 2. The van der Waals surface area contributed by atoms with Crippen molar-refractivity contribution in [1.82, 2.24) is 19.9 Å². The number of rotatable bonds is 4. The second kappa shape index (κ2) is 6.95. The molecule has 10 heteroatoms.